The van der Waals surface area contributed by atoms with Crippen LogP contribution in [0.3, 0.4) is 0 Å². The van der Waals surface area contributed by atoms with Gasteiger partial charge in [-0.05, 0) is 30.5 Å². The van der Waals surface area contributed by atoms with Crippen molar-refractivity contribution < 1.29 is 16.8 Å². The van der Waals surface area contributed by atoms with Gasteiger partial charge in [0.15, 0.2) is 19.7 Å². The molecule has 22 heavy (non-hydrogen) atoms. The minimum Gasteiger partial charge on any atom is -0.370 e. The predicted octanol–water partition coefficient (Wildman–Crippen LogP) is 2.37. The molecule has 0 saturated heterocycles. The Balaban J connectivity index is 3.54. The van der Waals surface area contributed by atoms with Gasteiger partial charge >= 0.3 is 0 Å². The van der Waals surface area contributed by atoms with E-state index in [1.165, 1.54) is 12.1 Å². The maximum Gasteiger partial charge on any atom is 0.177 e. The topological polar surface area (TPSA) is 71.5 Å². The second kappa shape index (κ2) is 6.20. The number of benzene rings is 1. The maximum atomic E-state index is 12.1. The van der Waals surface area contributed by atoms with Crippen LogP contribution in [0, 0.1) is 5.41 Å². The molecule has 0 spiro atoms. The normalized spacial score (nSPS) is 13.2. The van der Waals surface area contributed by atoms with Crippen LogP contribution < -0.4 is 4.90 Å². The van der Waals surface area contributed by atoms with Crippen LogP contribution in [0.5, 0.6) is 0 Å². The first kappa shape index (κ1) is 19.0. The lowest BCUT2D eigenvalue weighted by Gasteiger charge is -2.32. The zero-order valence-corrected chi connectivity index (χ0v) is 15.7. The summed E-state index contributed by atoms with van der Waals surface area (Å²) >= 11 is 0. The van der Waals surface area contributed by atoms with E-state index in [2.05, 4.69) is 20.8 Å². The summed E-state index contributed by atoms with van der Waals surface area (Å²) in [4.78, 5) is 2.03. The number of anilines is 1. The van der Waals surface area contributed by atoms with E-state index in [-0.39, 0.29) is 15.2 Å². The molecule has 0 aliphatic rings. The SMILES string of the molecule is CCN(CC(C)(C)C)c1ccc(S(C)(=O)=O)cc1S(C)(=O)=O. The first-order valence-electron chi connectivity index (χ1n) is 7.05. The van der Waals surface area contributed by atoms with E-state index in [0.717, 1.165) is 12.5 Å². The molecular weight excluding hydrogens is 322 g/mol. The smallest absolute Gasteiger partial charge is 0.177 e. The number of nitrogens with zero attached hydrogens (tertiary/aromatic N) is 1. The molecule has 0 heterocycles. The fraction of sp³-hybridized carbons (Fsp3) is 0.600. The summed E-state index contributed by atoms with van der Waals surface area (Å²) in [6.45, 7) is 9.46. The largest absolute Gasteiger partial charge is 0.370 e. The monoisotopic (exact) mass is 347 g/mol. The standard InChI is InChI=1S/C15H25NO4S2/c1-7-16(11-15(2,3)4)13-9-8-12(21(5,17)18)10-14(13)22(6,19)20/h8-10H,7,11H2,1-6H3. The van der Waals surface area contributed by atoms with Gasteiger partial charge in [-0.2, -0.15) is 0 Å². The average molecular weight is 348 g/mol. The van der Waals surface area contributed by atoms with Gasteiger partial charge in [0.05, 0.1) is 15.5 Å². The van der Waals surface area contributed by atoms with Gasteiger partial charge in [-0.3, -0.25) is 0 Å². The molecule has 0 N–H and O–H groups in total. The van der Waals surface area contributed by atoms with E-state index in [0.29, 0.717) is 18.8 Å². The molecule has 0 unspecified atom stereocenters. The lowest BCUT2D eigenvalue weighted by molar-refractivity contribution is 0.411. The van der Waals surface area contributed by atoms with Crippen LogP contribution in [0.25, 0.3) is 0 Å². The number of rotatable bonds is 5. The van der Waals surface area contributed by atoms with Crippen molar-refractivity contribution in [3.05, 3.63) is 18.2 Å². The fourth-order valence-corrected chi connectivity index (χ4v) is 3.86. The molecule has 1 aromatic rings. The summed E-state index contributed by atoms with van der Waals surface area (Å²) in [6.07, 6.45) is 2.17. The van der Waals surface area contributed by atoms with E-state index in [1.807, 2.05) is 11.8 Å². The molecule has 7 heteroatoms. The van der Waals surface area contributed by atoms with Crippen molar-refractivity contribution in [3.63, 3.8) is 0 Å². The molecule has 0 bridgehead atoms. The quantitative estimate of drug-likeness (QED) is 0.818. The first-order chi connectivity index (χ1) is 9.75. The number of sulfone groups is 2. The third kappa shape index (κ3) is 4.98. The summed E-state index contributed by atoms with van der Waals surface area (Å²) < 4.78 is 47.6. The van der Waals surface area contributed by atoms with Gasteiger partial charge in [0.25, 0.3) is 0 Å². The Morgan fingerprint density at radius 2 is 1.55 bits per heavy atom. The van der Waals surface area contributed by atoms with Crippen LogP contribution in [0.15, 0.2) is 28.0 Å². The fourth-order valence-electron chi connectivity index (χ4n) is 2.22. The second-order valence-corrected chi connectivity index (χ2v) is 10.7. The minimum absolute atomic E-state index is 0.0136. The Kier molecular flexibility index (Phi) is 5.34. The molecule has 0 aliphatic carbocycles. The molecule has 0 amide bonds. The second-order valence-electron chi connectivity index (χ2n) is 6.75. The van der Waals surface area contributed by atoms with Gasteiger partial charge in [0, 0.05) is 25.6 Å². The van der Waals surface area contributed by atoms with Crippen LogP contribution in [0.4, 0.5) is 5.69 Å². The Morgan fingerprint density at radius 3 is 1.91 bits per heavy atom. The lowest BCUT2D eigenvalue weighted by Crippen LogP contribution is -2.33. The highest BCUT2D eigenvalue weighted by atomic mass is 32.2. The first-order valence-corrected chi connectivity index (χ1v) is 10.8. The zero-order chi connectivity index (χ0) is 17.3. The Labute approximate surface area is 134 Å². The number of hydrogen-bond acceptors (Lipinski definition) is 5. The summed E-state index contributed by atoms with van der Waals surface area (Å²) in [7, 11) is -6.99. The van der Waals surface area contributed by atoms with Crippen molar-refractivity contribution >= 4 is 25.4 Å². The van der Waals surface area contributed by atoms with E-state index in [4.69, 9.17) is 0 Å². The van der Waals surface area contributed by atoms with Crippen molar-refractivity contribution in [2.75, 3.05) is 30.5 Å². The van der Waals surface area contributed by atoms with Crippen molar-refractivity contribution in [2.45, 2.75) is 37.5 Å². The van der Waals surface area contributed by atoms with E-state index in [9.17, 15) is 16.8 Å². The van der Waals surface area contributed by atoms with Gasteiger partial charge < -0.3 is 4.90 Å². The van der Waals surface area contributed by atoms with Crippen LogP contribution in [0.1, 0.15) is 27.7 Å². The molecule has 0 aliphatic heterocycles. The third-order valence-corrected chi connectivity index (χ3v) is 5.38. The van der Waals surface area contributed by atoms with E-state index in [1.54, 1.807) is 6.07 Å². The minimum atomic E-state index is -3.53. The zero-order valence-electron chi connectivity index (χ0n) is 14.0. The molecule has 0 saturated carbocycles. The van der Waals surface area contributed by atoms with Gasteiger partial charge in [-0.15, -0.1) is 0 Å². The van der Waals surface area contributed by atoms with Crippen molar-refractivity contribution in [3.8, 4) is 0 Å². The maximum absolute atomic E-state index is 12.1. The van der Waals surface area contributed by atoms with Crippen LogP contribution in [0.2, 0.25) is 0 Å². The molecule has 0 atom stereocenters. The highest BCUT2D eigenvalue weighted by Gasteiger charge is 2.23. The van der Waals surface area contributed by atoms with Gasteiger partial charge in [-0.25, -0.2) is 16.8 Å². The summed E-state index contributed by atoms with van der Waals surface area (Å²) in [5.41, 5.74) is 0.535. The molecule has 1 rings (SSSR count). The molecule has 1 aromatic carbocycles. The molecule has 0 radical (unpaired) electrons. The van der Waals surface area contributed by atoms with Crippen LogP contribution >= 0.6 is 0 Å². The lowest BCUT2D eigenvalue weighted by atomic mass is 9.96. The summed E-state index contributed by atoms with van der Waals surface area (Å²) in [5, 5.41) is 0. The Hall–Kier alpha value is -1.08. The van der Waals surface area contributed by atoms with Crippen molar-refractivity contribution in [2.24, 2.45) is 5.41 Å². The Morgan fingerprint density at radius 1 is 1.00 bits per heavy atom. The van der Waals surface area contributed by atoms with Crippen molar-refractivity contribution in [1.29, 1.82) is 0 Å². The highest BCUT2D eigenvalue weighted by Crippen LogP contribution is 2.30. The predicted molar refractivity (Wildman–Crippen MR) is 90.0 cm³/mol. The van der Waals surface area contributed by atoms with Crippen molar-refractivity contribution in [1.82, 2.24) is 0 Å². The summed E-state index contributed by atoms with van der Waals surface area (Å²) in [6, 6.07) is 4.30. The average Bonchev–Trinajstić information content (AvgIpc) is 2.32. The summed E-state index contributed by atoms with van der Waals surface area (Å²) in [5.74, 6) is 0. The van der Waals surface area contributed by atoms with E-state index >= 15 is 0 Å². The molecule has 0 aromatic heterocycles. The van der Waals surface area contributed by atoms with Gasteiger partial charge in [0.1, 0.15) is 0 Å². The Bertz CT molecular complexity index is 744. The van der Waals surface area contributed by atoms with Crippen LogP contribution in [-0.2, 0) is 19.7 Å². The van der Waals surface area contributed by atoms with Gasteiger partial charge in [0.2, 0.25) is 0 Å². The van der Waals surface area contributed by atoms with E-state index < -0.39 is 19.7 Å². The molecular formula is C15H25NO4S2. The molecule has 0 fully saturated rings. The van der Waals surface area contributed by atoms with Crippen LogP contribution in [-0.4, -0.2) is 42.4 Å². The third-order valence-electron chi connectivity index (χ3n) is 3.15. The van der Waals surface area contributed by atoms with Gasteiger partial charge in [-0.1, -0.05) is 20.8 Å². The molecule has 126 valence electrons. The number of hydrogen-bond donors (Lipinski definition) is 0. The highest BCUT2D eigenvalue weighted by molar-refractivity contribution is 7.91. The molecule has 5 nitrogen and oxygen atoms in total.